The number of aromatic nitrogens is 2. The number of rotatable bonds is 5. The van der Waals surface area contributed by atoms with Gasteiger partial charge in [0, 0.05) is 12.8 Å². The molecular weight excluding hydrogens is 330 g/mol. The van der Waals surface area contributed by atoms with Gasteiger partial charge < -0.3 is 0 Å². The number of nitrogens with zero attached hydrogens (tertiary/aromatic N) is 2. The molecule has 0 unspecified atom stereocenters. The number of hydrogen-bond acceptors (Lipinski definition) is 4. The Morgan fingerprint density at radius 1 is 1.23 bits per heavy atom. The highest BCUT2D eigenvalue weighted by atomic mass is 16.5. The van der Waals surface area contributed by atoms with Crippen molar-refractivity contribution in [2.45, 2.75) is 19.8 Å². The van der Waals surface area contributed by atoms with E-state index in [4.69, 9.17) is 5.21 Å². The Hall–Kier alpha value is -3.25. The molecule has 0 saturated carbocycles. The highest BCUT2D eigenvalue weighted by molar-refractivity contribution is 5.82. The summed E-state index contributed by atoms with van der Waals surface area (Å²) < 4.78 is 1.63. The third-order valence-corrected chi connectivity index (χ3v) is 4.03. The first-order chi connectivity index (χ1) is 12.6. The van der Waals surface area contributed by atoms with Crippen LogP contribution in [-0.4, -0.2) is 20.7 Å². The van der Waals surface area contributed by atoms with E-state index in [9.17, 15) is 9.59 Å². The second kappa shape index (κ2) is 7.76. The van der Waals surface area contributed by atoms with Gasteiger partial charge in [0.05, 0.1) is 16.6 Å². The van der Waals surface area contributed by atoms with Crippen molar-refractivity contribution in [1.82, 2.24) is 15.0 Å². The molecule has 0 aliphatic rings. The van der Waals surface area contributed by atoms with Crippen molar-refractivity contribution in [1.29, 1.82) is 0 Å². The summed E-state index contributed by atoms with van der Waals surface area (Å²) in [5.41, 5.74) is 3.66. The van der Waals surface area contributed by atoms with Crippen LogP contribution in [0.5, 0.6) is 0 Å². The van der Waals surface area contributed by atoms with Crippen molar-refractivity contribution in [3.05, 3.63) is 76.3 Å². The Morgan fingerprint density at radius 2 is 2.00 bits per heavy atom. The lowest BCUT2D eigenvalue weighted by Gasteiger charge is -2.12. The van der Waals surface area contributed by atoms with Crippen LogP contribution in [0.15, 0.2) is 59.4 Å². The number of benzene rings is 2. The number of aryl methyl sites for hydroxylation is 1. The minimum atomic E-state index is -0.497. The van der Waals surface area contributed by atoms with Crippen LogP contribution in [0.25, 0.3) is 22.7 Å². The van der Waals surface area contributed by atoms with Gasteiger partial charge in [-0.3, -0.25) is 19.4 Å². The third-order valence-electron chi connectivity index (χ3n) is 4.03. The predicted octanol–water partition coefficient (Wildman–Crippen LogP) is 2.86. The Bertz CT molecular complexity index is 1020. The molecule has 3 rings (SSSR count). The molecule has 1 heterocycles. The van der Waals surface area contributed by atoms with Crippen molar-refractivity contribution < 1.29 is 10.0 Å². The zero-order valence-electron chi connectivity index (χ0n) is 14.3. The fraction of sp³-hybridized carbons (Fsp3) is 0.150. The van der Waals surface area contributed by atoms with Gasteiger partial charge in [0.15, 0.2) is 0 Å². The normalized spacial score (nSPS) is 11.2. The van der Waals surface area contributed by atoms with Crippen molar-refractivity contribution in [3.8, 4) is 5.69 Å². The van der Waals surface area contributed by atoms with Gasteiger partial charge in [-0.05, 0) is 29.8 Å². The standard InChI is InChI=1S/C20H19N3O3/c1-2-18-21-17-12-11-14(7-6-10-19(24)22-26)13-16(17)20(25)23(18)15-8-4-3-5-9-15/h3-9,11-13,26H,2,10H2,1H3,(H,22,24)/b7-6+. The van der Waals surface area contributed by atoms with E-state index >= 15 is 0 Å². The lowest BCUT2D eigenvalue weighted by atomic mass is 10.1. The largest absolute Gasteiger partial charge is 0.289 e. The summed E-state index contributed by atoms with van der Waals surface area (Å²) in [5, 5.41) is 9.03. The van der Waals surface area contributed by atoms with Gasteiger partial charge in [-0.25, -0.2) is 10.5 Å². The van der Waals surface area contributed by atoms with Crippen LogP contribution in [0.4, 0.5) is 0 Å². The minimum absolute atomic E-state index is 0.0514. The first-order valence-corrected chi connectivity index (χ1v) is 8.34. The highest BCUT2D eigenvalue weighted by Crippen LogP contribution is 2.16. The molecule has 0 atom stereocenters. The van der Waals surface area contributed by atoms with Crippen LogP contribution in [0.2, 0.25) is 0 Å². The highest BCUT2D eigenvalue weighted by Gasteiger charge is 2.11. The molecular formula is C20H19N3O3. The van der Waals surface area contributed by atoms with Crippen LogP contribution in [0.3, 0.4) is 0 Å². The second-order valence-corrected chi connectivity index (χ2v) is 5.78. The molecule has 6 heteroatoms. The number of para-hydroxylation sites is 1. The quantitative estimate of drug-likeness (QED) is 0.548. The van der Waals surface area contributed by atoms with Gasteiger partial charge in [-0.15, -0.1) is 0 Å². The third kappa shape index (κ3) is 3.55. The first-order valence-electron chi connectivity index (χ1n) is 8.34. The van der Waals surface area contributed by atoms with Crippen molar-refractivity contribution in [2.75, 3.05) is 0 Å². The Balaban J connectivity index is 2.10. The van der Waals surface area contributed by atoms with Gasteiger partial charge >= 0.3 is 0 Å². The van der Waals surface area contributed by atoms with Gasteiger partial charge in [-0.2, -0.15) is 0 Å². The molecule has 1 amide bonds. The second-order valence-electron chi connectivity index (χ2n) is 5.78. The molecule has 0 saturated heterocycles. The van der Waals surface area contributed by atoms with Crippen LogP contribution in [-0.2, 0) is 11.2 Å². The summed E-state index contributed by atoms with van der Waals surface area (Å²) in [4.78, 5) is 28.8. The Morgan fingerprint density at radius 3 is 2.69 bits per heavy atom. The molecule has 0 aliphatic carbocycles. The van der Waals surface area contributed by atoms with Crippen LogP contribution >= 0.6 is 0 Å². The predicted molar refractivity (Wildman–Crippen MR) is 100 cm³/mol. The maximum absolute atomic E-state index is 13.1. The number of carbonyl (C=O) groups excluding carboxylic acids is 1. The van der Waals surface area contributed by atoms with E-state index in [2.05, 4.69) is 4.98 Å². The molecule has 0 bridgehead atoms. The SMILES string of the molecule is CCc1nc2ccc(/C=C/CC(=O)NO)cc2c(=O)n1-c1ccccc1. The fourth-order valence-corrected chi connectivity index (χ4v) is 2.78. The maximum Gasteiger partial charge on any atom is 0.265 e. The number of nitrogens with one attached hydrogen (secondary N) is 1. The Labute approximate surface area is 150 Å². The number of hydroxylamine groups is 1. The fourth-order valence-electron chi connectivity index (χ4n) is 2.78. The van der Waals surface area contributed by atoms with Gasteiger partial charge in [-0.1, -0.05) is 43.3 Å². The first kappa shape index (κ1) is 17.6. The molecule has 2 aromatic carbocycles. The number of fused-ring (bicyclic) bond motifs is 1. The molecule has 132 valence electrons. The van der Waals surface area contributed by atoms with Gasteiger partial charge in [0.2, 0.25) is 5.91 Å². The molecule has 0 fully saturated rings. The van der Waals surface area contributed by atoms with E-state index in [0.29, 0.717) is 23.1 Å². The number of hydrogen-bond donors (Lipinski definition) is 2. The number of carbonyl (C=O) groups is 1. The minimum Gasteiger partial charge on any atom is -0.289 e. The summed E-state index contributed by atoms with van der Waals surface area (Å²) in [6.45, 7) is 1.97. The molecule has 2 N–H and O–H groups in total. The summed E-state index contributed by atoms with van der Waals surface area (Å²) in [6.07, 6.45) is 4.04. The topological polar surface area (TPSA) is 84.2 Å². The Kier molecular flexibility index (Phi) is 5.24. The van der Waals surface area contributed by atoms with E-state index in [1.54, 1.807) is 34.3 Å². The molecule has 26 heavy (non-hydrogen) atoms. The molecule has 1 aromatic heterocycles. The lowest BCUT2D eigenvalue weighted by Crippen LogP contribution is -2.23. The molecule has 0 spiro atoms. The van der Waals surface area contributed by atoms with E-state index < -0.39 is 5.91 Å². The van der Waals surface area contributed by atoms with Crippen molar-refractivity contribution in [3.63, 3.8) is 0 Å². The summed E-state index contributed by atoms with van der Waals surface area (Å²) in [7, 11) is 0. The summed E-state index contributed by atoms with van der Waals surface area (Å²) >= 11 is 0. The zero-order valence-corrected chi connectivity index (χ0v) is 14.3. The van der Waals surface area contributed by atoms with Gasteiger partial charge in [0.1, 0.15) is 5.82 Å². The van der Waals surface area contributed by atoms with Crippen LogP contribution in [0, 0.1) is 0 Å². The molecule has 3 aromatic rings. The molecule has 0 radical (unpaired) electrons. The van der Waals surface area contributed by atoms with Gasteiger partial charge in [0.25, 0.3) is 5.56 Å². The average molecular weight is 349 g/mol. The maximum atomic E-state index is 13.1. The van der Waals surface area contributed by atoms with E-state index in [0.717, 1.165) is 11.3 Å². The van der Waals surface area contributed by atoms with E-state index in [1.165, 1.54) is 0 Å². The van der Waals surface area contributed by atoms with Crippen LogP contribution in [0.1, 0.15) is 24.7 Å². The summed E-state index contributed by atoms with van der Waals surface area (Å²) in [5.74, 6) is 0.208. The van der Waals surface area contributed by atoms with Crippen LogP contribution < -0.4 is 11.0 Å². The summed E-state index contributed by atoms with van der Waals surface area (Å²) in [6, 6.07) is 14.8. The lowest BCUT2D eigenvalue weighted by molar-refractivity contribution is -0.128. The molecule has 6 nitrogen and oxygen atoms in total. The smallest absolute Gasteiger partial charge is 0.265 e. The van der Waals surface area contributed by atoms with Crippen molar-refractivity contribution in [2.24, 2.45) is 0 Å². The average Bonchev–Trinajstić information content (AvgIpc) is 2.68. The monoisotopic (exact) mass is 349 g/mol. The van der Waals surface area contributed by atoms with E-state index in [-0.39, 0.29) is 12.0 Å². The van der Waals surface area contributed by atoms with E-state index in [1.807, 2.05) is 43.3 Å². The molecule has 0 aliphatic heterocycles. The zero-order chi connectivity index (χ0) is 18.5. The van der Waals surface area contributed by atoms with Crippen molar-refractivity contribution >= 4 is 22.9 Å². The number of amides is 1.